The predicted octanol–water partition coefficient (Wildman–Crippen LogP) is 3.25. The Morgan fingerprint density at radius 3 is 2.53 bits per heavy atom. The van der Waals surface area contributed by atoms with E-state index in [4.69, 9.17) is 22.3 Å². The van der Waals surface area contributed by atoms with Crippen LogP contribution in [0, 0.1) is 11.8 Å². The van der Waals surface area contributed by atoms with Gasteiger partial charge in [0.15, 0.2) is 0 Å². The van der Waals surface area contributed by atoms with E-state index in [9.17, 15) is 13.2 Å². The summed E-state index contributed by atoms with van der Waals surface area (Å²) in [4.78, 5) is 11.8. The lowest BCUT2D eigenvalue weighted by Crippen LogP contribution is -2.22. The topological polar surface area (TPSA) is 63.2 Å². The van der Waals surface area contributed by atoms with Gasteiger partial charge in [0.05, 0.1) is 15.6 Å². The van der Waals surface area contributed by atoms with Gasteiger partial charge in [0.2, 0.25) is 5.91 Å². The first-order valence-electron chi connectivity index (χ1n) is 5.84. The minimum Gasteiger partial charge on any atom is -0.325 e. The summed E-state index contributed by atoms with van der Waals surface area (Å²) >= 11 is 5.94. The molecule has 4 nitrogen and oxygen atoms in total. The monoisotopic (exact) mass is 321 g/mol. The first kappa shape index (κ1) is 14.6. The zero-order chi connectivity index (χ0) is 14.2. The average Bonchev–Trinajstić information content (AvgIpc) is 3.13. The van der Waals surface area contributed by atoms with Crippen molar-refractivity contribution in [1.29, 1.82) is 0 Å². The number of hydrogen-bond acceptors (Lipinski definition) is 3. The van der Waals surface area contributed by atoms with Crippen molar-refractivity contribution in [2.45, 2.75) is 24.7 Å². The van der Waals surface area contributed by atoms with Crippen LogP contribution in [0.2, 0.25) is 5.02 Å². The number of nitrogens with one attached hydrogen (secondary N) is 1. The largest absolute Gasteiger partial charge is 0.325 e. The molecule has 1 fully saturated rings. The molecular formula is C12H13Cl2NO3S. The maximum atomic E-state index is 11.9. The Bertz CT molecular complexity index is 611. The van der Waals surface area contributed by atoms with Crippen molar-refractivity contribution < 1.29 is 13.2 Å². The van der Waals surface area contributed by atoms with Gasteiger partial charge in [-0.15, -0.1) is 0 Å². The number of carbonyl (C=O) groups excluding carboxylic acids is 1. The van der Waals surface area contributed by atoms with Crippen molar-refractivity contribution in [3.63, 3.8) is 0 Å². The molecule has 0 bridgehead atoms. The van der Waals surface area contributed by atoms with E-state index in [2.05, 4.69) is 5.32 Å². The molecule has 1 N–H and O–H groups in total. The summed E-state index contributed by atoms with van der Waals surface area (Å²) in [6.07, 6.45) is 2.15. The van der Waals surface area contributed by atoms with Crippen molar-refractivity contribution >= 4 is 42.9 Å². The second-order valence-corrected chi connectivity index (χ2v) is 7.67. The minimum absolute atomic E-state index is 0.0625. The first-order valence-corrected chi connectivity index (χ1v) is 8.53. The zero-order valence-corrected chi connectivity index (χ0v) is 12.5. The standard InChI is InChI=1S/C12H13Cl2NO3S/c1-7(8-2-3-8)12(16)15-11-5-4-9(6-10(11)13)19(14,17)18/h4-8H,2-3H2,1H3,(H,15,16). The first-order chi connectivity index (χ1) is 8.79. The lowest BCUT2D eigenvalue weighted by Gasteiger charge is -2.12. The molecule has 1 aromatic rings. The van der Waals surface area contributed by atoms with Gasteiger partial charge < -0.3 is 5.32 Å². The maximum absolute atomic E-state index is 11.9. The second-order valence-electron chi connectivity index (χ2n) is 4.69. The van der Waals surface area contributed by atoms with Gasteiger partial charge in [0.1, 0.15) is 0 Å². The van der Waals surface area contributed by atoms with Crippen LogP contribution < -0.4 is 5.32 Å². The van der Waals surface area contributed by atoms with Crippen LogP contribution in [0.5, 0.6) is 0 Å². The van der Waals surface area contributed by atoms with Crippen LogP contribution in [0.15, 0.2) is 23.1 Å². The van der Waals surface area contributed by atoms with E-state index in [1.807, 2.05) is 6.92 Å². The molecule has 0 aliphatic heterocycles. The smallest absolute Gasteiger partial charge is 0.261 e. The molecule has 1 atom stereocenters. The van der Waals surface area contributed by atoms with Gasteiger partial charge in [-0.1, -0.05) is 18.5 Å². The minimum atomic E-state index is -3.82. The number of halogens is 2. The van der Waals surface area contributed by atoms with Crippen molar-refractivity contribution in [3.05, 3.63) is 23.2 Å². The van der Waals surface area contributed by atoms with E-state index in [-0.39, 0.29) is 21.7 Å². The van der Waals surface area contributed by atoms with Crippen LogP contribution in [0.3, 0.4) is 0 Å². The van der Waals surface area contributed by atoms with Crippen LogP contribution in [0.25, 0.3) is 0 Å². The Morgan fingerprint density at radius 2 is 2.05 bits per heavy atom. The Morgan fingerprint density at radius 1 is 1.42 bits per heavy atom. The van der Waals surface area contributed by atoms with E-state index in [0.29, 0.717) is 11.6 Å². The molecule has 2 rings (SSSR count). The van der Waals surface area contributed by atoms with E-state index in [0.717, 1.165) is 12.8 Å². The quantitative estimate of drug-likeness (QED) is 0.866. The molecule has 19 heavy (non-hydrogen) atoms. The van der Waals surface area contributed by atoms with E-state index < -0.39 is 9.05 Å². The summed E-state index contributed by atoms with van der Waals surface area (Å²) in [6, 6.07) is 3.97. The van der Waals surface area contributed by atoms with Crippen LogP contribution in [-0.4, -0.2) is 14.3 Å². The molecule has 1 aliphatic rings. The second kappa shape index (κ2) is 5.31. The molecule has 1 aliphatic carbocycles. The third-order valence-corrected chi connectivity index (χ3v) is 4.89. The molecule has 0 saturated heterocycles. The lowest BCUT2D eigenvalue weighted by molar-refractivity contribution is -0.119. The number of rotatable bonds is 4. The van der Waals surface area contributed by atoms with E-state index in [1.54, 1.807) is 0 Å². The zero-order valence-electron chi connectivity index (χ0n) is 10.2. The van der Waals surface area contributed by atoms with Gasteiger partial charge in [-0.3, -0.25) is 4.79 Å². The Balaban J connectivity index is 2.15. The highest BCUT2D eigenvalue weighted by atomic mass is 35.7. The Labute approximate surface area is 121 Å². The van der Waals surface area contributed by atoms with Crippen molar-refractivity contribution in [1.82, 2.24) is 0 Å². The fourth-order valence-corrected chi connectivity index (χ4v) is 2.88. The van der Waals surface area contributed by atoms with Crippen LogP contribution in [0.4, 0.5) is 5.69 Å². The highest BCUT2D eigenvalue weighted by molar-refractivity contribution is 8.13. The van der Waals surface area contributed by atoms with Gasteiger partial charge in [-0.2, -0.15) is 0 Å². The summed E-state index contributed by atoms with van der Waals surface area (Å²) in [7, 11) is 1.40. The molecule has 1 unspecified atom stereocenters. The van der Waals surface area contributed by atoms with Crippen molar-refractivity contribution in [3.8, 4) is 0 Å². The van der Waals surface area contributed by atoms with Crippen LogP contribution in [-0.2, 0) is 13.8 Å². The molecule has 7 heteroatoms. The number of hydrogen-bond donors (Lipinski definition) is 1. The summed E-state index contributed by atoms with van der Waals surface area (Å²) in [5.41, 5.74) is 0.392. The molecule has 1 saturated carbocycles. The molecule has 0 spiro atoms. The molecule has 1 aromatic carbocycles. The molecular weight excluding hydrogens is 309 g/mol. The Kier molecular flexibility index (Phi) is 4.08. The third kappa shape index (κ3) is 3.61. The summed E-state index contributed by atoms with van der Waals surface area (Å²) < 4.78 is 22.3. The molecule has 1 amide bonds. The van der Waals surface area contributed by atoms with Gasteiger partial charge in [-0.25, -0.2) is 8.42 Å². The third-order valence-electron chi connectivity index (χ3n) is 3.22. The highest BCUT2D eigenvalue weighted by Gasteiger charge is 2.32. The molecule has 0 radical (unpaired) electrons. The SMILES string of the molecule is CC(C(=O)Nc1ccc(S(=O)(=O)Cl)cc1Cl)C1CC1. The predicted molar refractivity (Wildman–Crippen MR) is 75.0 cm³/mol. The van der Waals surface area contributed by atoms with Gasteiger partial charge in [-0.05, 0) is 37.0 Å². The number of carbonyl (C=O) groups is 1. The average molecular weight is 322 g/mol. The van der Waals surface area contributed by atoms with E-state index in [1.165, 1.54) is 18.2 Å². The van der Waals surface area contributed by atoms with Crippen molar-refractivity contribution in [2.75, 3.05) is 5.32 Å². The van der Waals surface area contributed by atoms with Gasteiger partial charge in [0.25, 0.3) is 9.05 Å². The van der Waals surface area contributed by atoms with Gasteiger partial charge in [0, 0.05) is 16.6 Å². The van der Waals surface area contributed by atoms with Crippen LogP contribution >= 0.6 is 22.3 Å². The lowest BCUT2D eigenvalue weighted by atomic mass is 10.1. The fourth-order valence-electron chi connectivity index (χ4n) is 1.81. The van der Waals surface area contributed by atoms with Crippen molar-refractivity contribution in [2.24, 2.45) is 11.8 Å². The van der Waals surface area contributed by atoms with Crippen LogP contribution in [0.1, 0.15) is 19.8 Å². The molecule has 104 valence electrons. The number of amides is 1. The summed E-state index contributed by atoms with van der Waals surface area (Å²) in [6.45, 7) is 1.87. The summed E-state index contributed by atoms with van der Waals surface area (Å²) in [5.74, 6) is 0.277. The molecule has 0 heterocycles. The number of benzene rings is 1. The fraction of sp³-hybridized carbons (Fsp3) is 0.417. The number of anilines is 1. The maximum Gasteiger partial charge on any atom is 0.261 e. The van der Waals surface area contributed by atoms with Gasteiger partial charge >= 0.3 is 0 Å². The Hall–Kier alpha value is -0.780. The summed E-state index contributed by atoms with van der Waals surface area (Å²) in [5, 5.41) is 2.85. The normalized spacial score (nSPS) is 17.0. The highest BCUT2D eigenvalue weighted by Crippen LogP contribution is 2.37. The molecule has 0 aromatic heterocycles. The van der Waals surface area contributed by atoms with E-state index >= 15 is 0 Å².